The highest BCUT2D eigenvalue weighted by Gasteiger charge is 2.16. The largest absolute Gasteiger partial charge is 0.507 e. The van der Waals surface area contributed by atoms with Crippen molar-refractivity contribution in [3.8, 4) is 28.4 Å². The van der Waals surface area contributed by atoms with E-state index in [-0.39, 0.29) is 22.8 Å². The Morgan fingerprint density at radius 3 is 2.12 bits per heavy atom. The number of hydrogen-bond donors (Lipinski definition) is 3. The van der Waals surface area contributed by atoms with Crippen LogP contribution in [0.15, 0.2) is 36.4 Å². The average Bonchev–Trinajstić information content (AvgIpc) is 2.28. The van der Waals surface area contributed by atoms with Gasteiger partial charge in [0, 0.05) is 0 Å². The Hall–Kier alpha value is -2.16. The molecule has 0 aliphatic rings. The van der Waals surface area contributed by atoms with Gasteiger partial charge in [0.05, 0.1) is 5.56 Å². The summed E-state index contributed by atoms with van der Waals surface area (Å²) >= 11 is 0. The molecule has 3 heteroatoms. The predicted octanol–water partition coefficient (Wildman–Crippen LogP) is 2.78. The fourth-order valence-electron chi connectivity index (χ4n) is 1.66. The molecule has 0 heterocycles. The van der Waals surface area contributed by atoms with Gasteiger partial charge in [-0.3, -0.25) is 0 Å². The second-order valence-corrected chi connectivity index (χ2v) is 3.65. The smallest absolute Gasteiger partial charge is 0.169 e. The number of phenolic OH excluding ortho intramolecular Hbond substituents is 3. The predicted molar refractivity (Wildman–Crippen MR) is 61.6 cm³/mol. The van der Waals surface area contributed by atoms with Gasteiger partial charge in [-0.25, -0.2) is 0 Å². The third kappa shape index (κ3) is 1.56. The van der Waals surface area contributed by atoms with Gasteiger partial charge < -0.3 is 15.3 Å². The van der Waals surface area contributed by atoms with Gasteiger partial charge in [0.1, 0.15) is 5.75 Å². The molecule has 0 bridgehead atoms. The van der Waals surface area contributed by atoms with Gasteiger partial charge in [0.15, 0.2) is 11.5 Å². The molecule has 0 saturated carbocycles. The SMILES string of the molecule is Cc1cc(O)c(O)c(-c2ccccc2)c1O. The molecule has 0 aromatic heterocycles. The molecule has 0 amide bonds. The Morgan fingerprint density at radius 2 is 1.50 bits per heavy atom. The first-order valence-corrected chi connectivity index (χ1v) is 4.91. The van der Waals surface area contributed by atoms with Crippen LogP contribution in [0.25, 0.3) is 11.1 Å². The second-order valence-electron chi connectivity index (χ2n) is 3.65. The lowest BCUT2D eigenvalue weighted by molar-refractivity contribution is 0.397. The van der Waals surface area contributed by atoms with Crippen LogP contribution in [0.3, 0.4) is 0 Å². The Labute approximate surface area is 93.2 Å². The van der Waals surface area contributed by atoms with Gasteiger partial charge in [0.2, 0.25) is 0 Å². The van der Waals surface area contributed by atoms with Crippen LogP contribution in [-0.4, -0.2) is 15.3 Å². The second kappa shape index (κ2) is 3.77. The molecule has 0 aliphatic carbocycles. The van der Waals surface area contributed by atoms with Gasteiger partial charge >= 0.3 is 0 Å². The fraction of sp³-hybridized carbons (Fsp3) is 0.0769. The van der Waals surface area contributed by atoms with Crippen molar-refractivity contribution in [1.29, 1.82) is 0 Å². The van der Waals surface area contributed by atoms with Crippen molar-refractivity contribution in [1.82, 2.24) is 0 Å². The van der Waals surface area contributed by atoms with E-state index in [9.17, 15) is 15.3 Å². The van der Waals surface area contributed by atoms with Gasteiger partial charge in [-0.15, -0.1) is 0 Å². The standard InChI is InChI=1S/C13H12O3/c1-8-7-10(14)13(16)11(12(8)15)9-5-3-2-4-6-9/h2-7,14-16H,1H3. The van der Waals surface area contributed by atoms with E-state index in [0.717, 1.165) is 0 Å². The normalized spacial score (nSPS) is 10.3. The van der Waals surface area contributed by atoms with Crippen LogP contribution in [0.2, 0.25) is 0 Å². The molecule has 0 saturated heterocycles. The van der Waals surface area contributed by atoms with Crippen LogP contribution in [0.5, 0.6) is 17.2 Å². The van der Waals surface area contributed by atoms with E-state index < -0.39 is 0 Å². The van der Waals surface area contributed by atoms with E-state index in [0.29, 0.717) is 11.1 Å². The Kier molecular flexibility index (Phi) is 2.44. The summed E-state index contributed by atoms with van der Waals surface area (Å²) in [6, 6.07) is 10.3. The van der Waals surface area contributed by atoms with Gasteiger partial charge in [-0.05, 0) is 24.1 Å². The minimum Gasteiger partial charge on any atom is -0.507 e. The molecule has 2 aromatic rings. The third-order valence-corrected chi connectivity index (χ3v) is 2.51. The molecular weight excluding hydrogens is 204 g/mol. The van der Waals surface area contributed by atoms with E-state index in [4.69, 9.17) is 0 Å². The highest BCUT2D eigenvalue weighted by Crippen LogP contribution is 2.44. The zero-order chi connectivity index (χ0) is 11.7. The molecule has 0 aliphatic heterocycles. The van der Waals surface area contributed by atoms with E-state index in [2.05, 4.69) is 0 Å². The molecule has 0 fully saturated rings. The van der Waals surface area contributed by atoms with E-state index in [1.165, 1.54) is 6.07 Å². The first-order valence-electron chi connectivity index (χ1n) is 4.91. The first-order chi connectivity index (χ1) is 7.61. The zero-order valence-corrected chi connectivity index (χ0v) is 8.81. The van der Waals surface area contributed by atoms with Crippen LogP contribution in [-0.2, 0) is 0 Å². The molecule has 2 rings (SSSR count). The van der Waals surface area contributed by atoms with Crippen LogP contribution in [0, 0.1) is 6.92 Å². The van der Waals surface area contributed by atoms with Gasteiger partial charge in [0.25, 0.3) is 0 Å². The molecule has 16 heavy (non-hydrogen) atoms. The van der Waals surface area contributed by atoms with Crippen molar-refractivity contribution in [3.05, 3.63) is 42.0 Å². The van der Waals surface area contributed by atoms with Crippen molar-refractivity contribution >= 4 is 0 Å². The lowest BCUT2D eigenvalue weighted by atomic mass is 10.00. The van der Waals surface area contributed by atoms with Crippen molar-refractivity contribution in [3.63, 3.8) is 0 Å². The van der Waals surface area contributed by atoms with Crippen molar-refractivity contribution in [2.75, 3.05) is 0 Å². The highest BCUT2D eigenvalue weighted by atomic mass is 16.3. The number of aromatic hydroxyl groups is 3. The summed E-state index contributed by atoms with van der Waals surface area (Å²) in [5, 5.41) is 29.1. The summed E-state index contributed by atoms with van der Waals surface area (Å²) in [4.78, 5) is 0. The Morgan fingerprint density at radius 1 is 0.875 bits per heavy atom. The van der Waals surface area contributed by atoms with Crippen molar-refractivity contribution in [2.24, 2.45) is 0 Å². The quantitative estimate of drug-likeness (QED) is 0.507. The molecule has 82 valence electrons. The maximum Gasteiger partial charge on any atom is 0.169 e. The minimum absolute atomic E-state index is 0.0125. The maximum absolute atomic E-state index is 9.89. The van der Waals surface area contributed by atoms with E-state index in [1.54, 1.807) is 31.2 Å². The van der Waals surface area contributed by atoms with E-state index in [1.807, 2.05) is 6.07 Å². The fourth-order valence-corrected chi connectivity index (χ4v) is 1.66. The minimum atomic E-state index is -0.297. The number of benzene rings is 2. The molecule has 3 N–H and O–H groups in total. The van der Waals surface area contributed by atoms with E-state index >= 15 is 0 Å². The highest BCUT2D eigenvalue weighted by molar-refractivity contribution is 5.80. The summed E-state index contributed by atoms with van der Waals surface area (Å²) in [5.74, 6) is -0.537. The lowest BCUT2D eigenvalue weighted by Crippen LogP contribution is -1.84. The van der Waals surface area contributed by atoms with Gasteiger partial charge in [-0.1, -0.05) is 30.3 Å². The topological polar surface area (TPSA) is 60.7 Å². The van der Waals surface area contributed by atoms with Crippen LogP contribution < -0.4 is 0 Å². The lowest BCUT2D eigenvalue weighted by Gasteiger charge is -2.11. The number of rotatable bonds is 1. The van der Waals surface area contributed by atoms with Crippen LogP contribution in [0.1, 0.15) is 5.56 Å². The molecule has 0 radical (unpaired) electrons. The zero-order valence-electron chi connectivity index (χ0n) is 8.81. The summed E-state index contributed by atoms with van der Waals surface area (Å²) in [6.45, 7) is 1.67. The number of aryl methyl sites for hydroxylation is 1. The number of hydrogen-bond acceptors (Lipinski definition) is 3. The summed E-state index contributed by atoms with van der Waals surface area (Å²) in [6.07, 6.45) is 0. The molecule has 0 spiro atoms. The molecule has 0 atom stereocenters. The van der Waals surface area contributed by atoms with Crippen molar-refractivity contribution < 1.29 is 15.3 Å². The summed E-state index contributed by atoms with van der Waals surface area (Å²) in [7, 11) is 0. The maximum atomic E-state index is 9.89. The third-order valence-electron chi connectivity index (χ3n) is 2.51. The Balaban J connectivity index is 2.74. The number of phenols is 3. The van der Waals surface area contributed by atoms with Gasteiger partial charge in [-0.2, -0.15) is 0 Å². The van der Waals surface area contributed by atoms with Crippen molar-refractivity contribution in [2.45, 2.75) is 6.92 Å². The van der Waals surface area contributed by atoms with Crippen LogP contribution in [0.4, 0.5) is 0 Å². The average molecular weight is 216 g/mol. The monoisotopic (exact) mass is 216 g/mol. The Bertz CT molecular complexity index is 492. The van der Waals surface area contributed by atoms with Crippen LogP contribution >= 0.6 is 0 Å². The molecule has 0 unspecified atom stereocenters. The molecule has 2 aromatic carbocycles. The molecule has 3 nitrogen and oxygen atoms in total. The summed E-state index contributed by atoms with van der Waals surface area (Å²) < 4.78 is 0. The summed E-state index contributed by atoms with van der Waals surface area (Å²) in [5.41, 5.74) is 1.45. The first kappa shape index (κ1) is 10.4. The molecular formula is C13H12O3.